The Bertz CT molecular complexity index is 538. The van der Waals surface area contributed by atoms with Crippen LogP contribution in [0.2, 0.25) is 0 Å². The molecule has 2 aromatic rings. The number of ether oxygens (including phenoxy) is 2. The summed E-state index contributed by atoms with van der Waals surface area (Å²) >= 11 is 0. The van der Waals surface area contributed by atoms with Crippen molar-refractivity contribution < 1.29 is 14.6 Å². The van der Waals surface area contributed by atoms with E-state index in [0.29, 0.717) is 29.4 Å². The molecule has 0 radical (unpaired) electrons. The fraction of sp³-hybridized carbons (Fsp3) is 0.200. The lowest BCUT2D eigenvalue weighted by Crippen LogP contribution is -1.94. The van der Waals surface area contributed by atoms with Crippen LogP contribution in [0.15, 0.2) is 42.5 Å². The molecule has 3 N–H and O–H groups in total. The van der Waals surface area contributed by atoms with Crippen molar-refractivity contribution in [2.45, 2.75) is 6.42 Å². The van der Waals surface area contributed by atoms with E-state index in [1.54, 1.807) is 25.3 Å². The number of aliphatic hydroxyl groups excluding tert-OH is 1. The van der Waals surface area contributed by atoms with Crippen LogP contribution >= 0.6 is 0 Å². The summed E-state index contributed by atoms with van der Waals surface area (Å²) in [7, 11) is 1.59. The molecule has 0 atom stereocenters. The van der Waals surface area contributed by atoms with Crippen molar-refractivity contribution >= 4 is 5.69 Å². The van der Waals surface area contributed by atoms with E-state index in [1.165, 1.54) is 0 Å². The average molecular weight is 259 g/mol. The van der Waals surface area contributed by atoms with E-state index in [2.05, 4.69) is 0 Å². The number of rotatable bonds is 5. The van der Waals surface area contributed by atoms with E-state index in [0.717, 1.165) is 5.56 Å². The fourth-order valence-corrected chi connectivity index (χ4v) is 1.73. The van der Waals surface area contributed by atoms with Gasteiger partial charge in [-0.3, -0.25) is 0 Å². The molecule has 0 aliphatic carbocycles. The Kier molecular flexibility index (Phi) is 4.26. The maximum Gasteiger partial charge on any atom is 0.150 e. The SMILES string of the molecule is COc1ccc(Oc2ccc(CCO)cc2)c(N)c1. The molecule has 0 saturated heterocycles. The van der Waals surface area contributed by atoms with Crippen LogP contribution in [-0.4, -0.2) is 18.8 Å². The van der Waals surface area contributed by atoms with Crippen molar-refractivity contribution in [1.29, 1.82) is 0 Å². The van der Waals surface area contributed by atoms with Crippen LogP contribution < -0.4 is 15.2 Å². The molecule has 0 heterocycles. The Labute approximate surface area is 112 Å². The summed E-state index contributed by atoms with van der Waals surface area (Å²) in [5.41, 5.74) is 7.48. The van der Waals surface area contributed by atoms with Crippen LogP contribution in [0.3, 0.4) is 0 Å². The van der Waals surface area contributed by atoms with Gasteiger partial charge in [-0.1, -0.05) is 12.1 Å². The number of hydrogen-bond acceptors (Lipinski definition) is 4. The van der Waals surface area contributed by atoms with E-state index in [4.69, 9.17) is 20.3 Å². The number of anilines is 1. The molecule has 4 nitrogen and oxygen atoms in total. The molecule has 2 rings (SSSR count). The molecule has 0 aromatic heterocycles. The van der Waals surface area contributed by atoms with Crippen LogP contribution in [0.25, 0.3) is 0 Å². The van der Waals surface area contributed by atoms with Gasteiger partial charge in [-0.2, -0.15) is 0 Å². The van der Waals surface area contributed by atoms with Crippen LogP contribution in [0.1, 0.15) is 5.56 Å². The first kappa shape index (κ1) is 13.2. The molecule has 0 spiro atoms. The molecule has 4 heteroatoms. The molecule has 0 bridgehead atoms. The van der Waals surface area contributed by atoms with E-state index < -0.39 is 0 Å². The average Bonchev–Trinajstić information content (AvgIpc) is 2.43. The third-order valence-corrected chi connectivity index (χ3v) is 2.77. The van der Waals surface area contributed by atoms with Crippen LogP contribution in [0.5, 0.6) is 17.2 Å². The predicted molar refractivity (Wildman–Crippen MR) is 74.7 cm³/mol. The molecule has 19 heavy (non-hydrogen) atoms. The number of nitrogen functional groups attached to an aromatic ring is 1. The fourth-order valence-electron chi connectivity index (χ4n) is 1.73. The lowest BCUT2D eigenvalue weighted by molar-refractivity contribution is 0.299. The highest BCUT2D eigenvalue weighted by atomic mass is 16.5. The summed E-state index contributed by atoms with van der Waals surface area (Å²) in [6.07, 6.45) is 0.644. The van der Waals surface area contributed by atoms with E-state index in [-0.39, 0.29) is 6.61 Å². The Morgan fingerprint density at radius 3 is 2.32 bits per heavy atom. The van der Waals surface area contributed by atoms with Gasteiger partial charge in [0, 0.05) is 12.7 Å². The van der Waals surface area contributed by atoms with E-state index in [1.807, 2.05) is 24.3 Å². The minimum Gasteiger partial charge on any atom is -0.497 e. The first-order chi connectivity index (χ1) is 9.22. The number of methoxy groups -OCH3 is 1. The van der Waals surface area contributed by atoms with Gasteiger partial charge in [0.1, 0.15) is 11.5 Å². The molecule has 0 amide bonds. The minimum absolute atomic E-state index is 0.144. The van der Waals surface area contributed by atoms with Crippen LogP contribution in [0.4, 0.5) is 5.69 Å². The summed E-state index contributed by atoms with van der Waals surface area (Å²) in [5.74, 6) is 2.00. The highest BCUT2D eigenvalue weighted by molar-refractivity contribution is 5.57. The Morgan fingerprint density at radius 1 is 1.05 bits per heavy atom. The third-order valence-electron chi connectivity index (χ3n) is 2.77. The Balaban J connectivity index is 2.12. The monoisotopic (exact) mass is 259 g/mol. The van der Waals surface area contributed by atoms with Gasteiger partial charge in [0.05, 0.1) is 12.8 Å². The minimum atomic E-state index is 0.144. The second-order valence-corrected chi connectivity index (χ2v) is 4.12. The van der Waals surface area contributed by atoms with Gasteiger partial charge in [0.15, 0.2) is 5.75 Å². The second kappa shape index (κ2) is 6.11. The standard InChI is InChI=1S/C15H17NO3/c1-18-13-6-7-15(14(16)10-13)19-12-4-2-11(3-5-12)8-9-17/h2-7,10,17H,8-9,16H2,1H3. The zero-order valence-corrected chi connectivity index (χ0v) is 10.8. The predicted octanol–water partition coefficient (Wildman–Crippen LogP) is 2.60. The van der Waals surface area contributed by atoms with Crippen molar-refractivity contribution in [2.75, 3.05) is 19.5 Å². The largest absolute Gasteiger partial charge is 0.497 e. The lowest BCUT2D eigenvalue weighted by atomic mass is 10.1. The highest BCUT2D eigenvalue weighted by Crippen LogP contribution is 2.30. The Hall–Kier alpha value is -2.20. The van der Waals surface area contributed by atoms with Gasteiger partial charge in [-0.25, -0.2) is 0 Å². The summed E-state index contributed by atoms with van der Waals surface area (Å²) < 4.78 is 10.8. The van der Waals surface area contributed by atoms with Crippen molar-refractivity contribution in [3.63, 3.8) is 0 Å². The molecule has 100 valence electrons. The van der Waals surface area contributed by atoms with Gasteiger partial charge in [0.2, 0.25) is 0 Å². The van der Waals surface area contributed by atoms with Gasteiger partial charge in [-0.15, -0.1) is 0 Å². The van der Waals surface area contributed by atoms with Gasteiger partial charge < -0.3 is 20.3 Å². The maximum atomic E-state index is 8.85. The summed E-state index contributed by atoms with van der Waals surface area (Å²) in [6.45, 7) is 0.144. The molecule has 2 aromatic carbocycles. The molecular formula is C15H17NO3. The van der Waals surface area contributed by atoms with Crippen LogP contribution in [0, 0.1) is 0 Å². The van der Waals surface area contributed by atoms with E-state index >= 15 is 0 Å². The first-order valence-corrected chi connectivity index (χ1v) is 6.04. The number of hydrogen-bond donors (Lipinski definition) is 2. The van der Waals surface area contributed by atoms with Gasteiger partial charge in [0.25, 0.3) is 0 Å². The maximum absolute atomic E-state index is 8.85. The summed E-state index contributed by atoms with van der Waals surface area (Å²) in [5, 5.41) is 8.85. The zero-order valence-electron chi connectivity index (χ0n) is 10.8. The molecule has 0 aliphatic heterocycles. The van der Waals surface area contributed by atoms with E-state index in [9.17, 15) is 0 Å². The zero-order chi connectivity index (χ0) is 13.7. The van der Waals surface area contributed by atoms with Crippen molar-refractivity contribution in [1.82, 2.24) is 0 Å². The lowest BCUT2D eigenvalue weighted by Gasteiger charge is -2.10. The number of nitrogens with two attached hydrogens (primary N) is 1. The van der Waals surface area contributed by atoms with Crippen molar-refractivity contribution in [2.24, 2.45) is 0 Å². The molecular weight excluding hydrogens is 242 g/mol. The summed E-state index contributed by atoms with van der Waals surface area (Å²) in [4.78, 5) is 0. The van der Waals surface area contributed by atoms with Crippen LogP contribution in [-0.2, 0) is 6.42 Å². The van der Waals surface area contributed by atoms with Crippen molar-refractivity contribution in [3.8, 4) is 17.2 Å². The molecule has 0 unspecified atom stereocenters. The second-order valence-electron chi connectivity index (χ2n) is 4.12. The highest BCUT2D eigenvalue weighted by Gasteiger charge is 2.04. The molecule has 0 fully saturated rings. The number of aliphatic hydroxyl groups is 1. The van der Waals surface area contributed by atoms with Gasteiger partial charge >= 0.3 is 0 Å². The third kappa shape index (κ3) is 3.39. The normalized spacial score (nSPS) is 10.2. The Morgan fingerprint density at radius 2 is 1.74 bits per heavy atom. The smallest absolute Gasteiger partial charge is 0.150 e. The number of benzene rings is 2. The van der Waals surface area contributed by atoms with Gasteiger partial charge in [-0.05, 0) is 36.2 Å². The van der Waals surface area contributed by atoms with Crippen molar-refractivity contribution in [3.05, 3.63) is 48.0 Å². The molecule has 0 aliphatic rings. The summed E-state index contributed by atoms with van der Waals surface area (Å²) in [6, 6.07) is 12.8. The topological polar surface area (TPSA) is 64.7 Å². The quantitative estimate of drug-likeness (QED) is 0.810. The first-order valence-electron chi connectivity index (χ1n) is 6.04. The molecule has 0 saturated carbocycles.